The highest BCUT2D eigenvalue weighted by Crippen LogP contribution is 2.26. The second-order valence-electron chi connectivity index (χ2n) is 8.73. The Kier molecular flexibility index (Phi) is 8.03. The first-order valence-corrected chi connectivity index (χ1v) is 11.3. The average molecular weight is 452 g/mol. The molecule has 2 aromatic rings. The number of ether oxygens (including phenoxy) is 1. The van der Waals surface area contributed by atoms with Crippen LogP contribution in [-0.4, -0.2) is 54.0 Å². The summed E-state index contributed by atoms with van der Waals surface area (Å²) in [5, 5.41) is 10.7. The van der Waals surface area contributed by atoms with E-state index in [2.05, 4.69) is 10.3 Å². The van der Waals surface area contributed by atoms with Crippen molar-refractivity contribution in [1.82, 2.24) is 15.2 Å². The Morgan fingerprint density at radius 1 is 1.27 bits per heavy atom. The molecule has 1 fully saturated rings. The van der Waals surface area contributed by atoms with Crippen LogP contribution in [-0.2, 0) is 9.53 Å². The van der Waals surface area contributed by atoms with Gasteiger partial charge >= 0.3 is 5.97 Å². The quantitative estimate of drug-likeness (QED) is 0.338. The molecule has 1 aliphatic heterocycles. The smallest absolute Gasteiger partial charge is 0.310 e. The Morgan fingerprint density at radius 2 is 2.00 bits per heavy atom. The van der Waals surface area contributed by atoms with E-state index in [1.54, 1.807) is 18.3 Å². The minimum atomic E-state index is -0.477. The van der Waals surface area contributed by atoms with Crippen LogP contribution in [0, 0.1) is 24.2 Å². The summed E-state index contributed by atoms with van der Waals surface area (Å²) >= 11 is 0. The largest absolute Gasteiger partial charge is 0.469 e. The first kappa shape index (κ1) is 24.2. The molecule has 1 unspecified atom stereocenters. The standard InChI is InChI=1S/C25H33N5O3/c1-16-13-21(10-11-28-16)19-6-8-20(9-7-19)23(31)29-17(2)22(24(32)33-3)14-18-5-4-12-30(15-18)25(26)27/h6-11,13,17-18,22H,4-5,12,14-15H2,1-3H3,(H3,26,27)(H,29,31)/t17-,18?,22-/m1/s1. The van der Waals surface area contributed by atoms with Gasteiger partial charge < -0.3 is 20.7 Å². The number of carbonyl (C=O) groups excluding carboxylic acids is 2. The molecule has 1 aliphatic rings. The number of aromatic nitrogens is 1. The fourth-order valence-corrected chi connectivity index (χ4v) is 4.42. The Balaban J connectivity index is 1.66. The number of piperidine rings is 1. The maximum atomic E-state index is 12.9. The molecule has 8 nitrogen and oxygen atoms in total. The second kappa shape index (κ2) is 10.9. The Hall–Kier alpha value is -3.42. The number of pyridine rings is 1. The highest BCUT2D eigenvalue weighted by atomic mass is 16.5. The molecule has 0 spiro atoms. The van der Waals surface area contributed by atoms with E-state index < -0.39 is 12.0 Å². The molecule has 2 heterocycles. The van der Waals surface area contributed by atoms with Crippen molar-refractivity contribution in [3.05, 3.63) is 53.9 Å². The number of amides is 1. The molecule has 33 heavy (non-hydrogen) atoms. The van der Waals surface area contributed by atoms with Crippen LogP contribution in [0.3, 0.4) is 0 Å². The molecule has 1 aromatic heterocycles. The minimum absolute atomic E-state index is 0.0565. The summed E-state index contributed by atoms with van der Waals surface area (Å²) in [7, 11) is 1.37. The molecule has 3 rings (SSSR count). The molecular formula is C25H33N5O3. The lowest BCUT2D eigenvalue weighted by Gasteiger charge is -2.35. The zero-order valence-corrected chi connectivity index (χ0v) is 19.5. The van der Waals surface area contributed by atoms with E-state index in [-0.39, 0.29) is 23.8 Å². The number of nitrogens with two attached hydrogens (primary N) is 1. The number of likely N-dealkylation sites (tertiary alicyclic amines) is 1. The van der Waals surface area contributed by atoms with Gasteiger partial charge in [-0.15, -0.1) is 0 Å². The molecule has 0 bridgehead atoms. The van der Waals surface area contributed by atoms with Crippen molar-refractivity contribution in [1.29, 1.82) is 5.41 Å². The molecule has 1 aromatic carbocycles. The van der Waals surface area contributed by atoms with Gasteiger partial charge in [0.2, 0.25) is 0 Å². The molecule has 8 heteroatoms. The minimum Gasteiger partial charge on any atom is -0.469 e. The van der Waals surface area contributed by atoms with Gasteiger partial charge in [-0.2, -0.15) is 0 Å². The number of hydrogen-bond donors (Lipinski definition) is 3. The predicted molar refractivity (Wildman–Crippen MR) is 128 cm³/mol. The lowest BCUT2D eigenvalue weighted by atomic mass is 9.85. The van der Waals surface area contributed by atoms with Crippen LogP contribution in [0.5, 0.6) is 0 Å². The van der Waals surface area contributed by atoms with E-state index >= 15 is 0 Å². The van der Waals surface area contributed by atoms with E-state index in [1.807, 2.05) is 43.0 Å². The third-order valence-electron chi connectivity index (χ3n) is 6.29. The van der Waals surface area contributed by atoms with Crippen LogP contribution in [0.2, 0.25) is 0 Å². The number of aryl methyl sites for hydroxylation is 1. The Morgan fingerprint density at radius 3 is 2.64 bits per heavy atom. The number of nitrogens with one attached hydrogen (secondary N) is 2. The monoisotopic (exact) mass is 451 g/mol. The van der Waals surface area contributed by atoms with Gasteiger partial charge in [0, 0.05) is 36.6 Å². The van der Waals surface area contributed by atoms with Crippen molar-refractivity contribution in [2.45, 2.75) is 39.2 Å². The lowest BCUT2D eigenvalue weighted by Crippen LogP contribution is -2.46. The molecule has 0 saturated carbocycles. The summed E-state index contributed by atoms with van der Waals surface area (Å²) in [4.78, 5) is 31.5. The SMILES string of the molecule is COC(=O)[C@H](CC1CCCN(C(=N)N)C1)[C@@H](C)NC(=O)c1ccc(-c2ccnc(C)c2)cc1. The number of guanidine groups is 1. The van der Waals surface area contributed by atoms with Crippen molar-refractivity contribution in [3.63, 3.8) is 0 Å². The van der Waals surface area contributed by atoms with Crippen molar-refractivity contribution in [2.24, 2.45) is 17.6 Å². The first-order valence-electron chi connectivity index (χ1n) is 11.3. The number of rotatable bonds is 7. The maximum absolute atomic E-state index is 12.9. The molecule has 1 saturated heterocycles. The number of carbonyl (C=O) groups is 2. The van der Waals surface area contributed by atoms with Gasteiger partial charge in [-0.05, 0) is 74.4 Å². The molecule has 0 aliphatic carbocycles. The third-order valence-corrected chi connectivity index (χ3v) is 6.29. The van der Waals surface area contributed by atoms with E-state index in [9.17, 15) is 9.59 Å². The second-order valence-corrected chi connectivity index (χ2v) is 8.73. The number of benzene rings is 1. The van der Waals surface area contributed by atoms with Gasteiger partial charge in [-0.3, -0.25) is 20.0 Å². The summed E-state index contributed by atoms with van der Waals surface area (Å²) in [5.41, 5.74) is 9.16. The van der Waals surface area contributed by atoms with Gasteiger partial charge in [-0.25, -0.2) is 0 Å². The molecular weight excluding hydrogens is 418 g/mol. The van der Waals surface area contributed by atoms with Crippen LogP contribution < -0.4 is 11.1 Å². The summed E-state index contributed by atoms with van der Waals surface area (Å²) in [5.74, 6) is -0.792. The molecule has 4 N–H and O–H groups in total. The topological polar surface area (TPSA) is 121 Å². The molecule has 0 radical (unpaired) electrons. The van der Waals surface area contributed by atoms with Crippen LogP contribution in [0.1, 0.15) is 42.2 Å². The van der Waals surface area contributed by atoms with E-state index in [4.69, 9.17) is 15.9 Å². The summed E-state index contributed by atoms with van der Waals surface area (Å²) in [6.07, 6.45) is 4.20. The predicted octanol–water partition coefficient (Wildman–Crippen LogP) is 2.96. The van der Waals surface area contributed by atoms with E-state index in [0.29, 0.717) is 18.5 Å². The summed E-state index contributed by atoms with van der Waals surface area (Å²) < 4.78 is 5.04. The first-order chi connectivity index (χ1) is 15.8. The van der Waals surface area contributed by atoms with Crippen molar-refractivity contribution >= 4 is 17.8 Å². The van der Waals surface area contributed by atoms with Crippen LogP contribution >= 0.6 is 0 Å². The fourth-order valence-electron chi connectivity index (χ4n) is 4.42. The summed E-state index contributed by atoms with van der Waals surface area (Å²) in [6.45, 7) is 5.17. The van der Waals surface area contributed by atoms with Crippen molar-refractivity contribution < 1.29 is 14.3 Å². The van der Waals surface area contributed by atoms with Gasteiger partial charge in [0.05, 0.1) is 13.0 Å². The number of esters is 1. The molecule has 1 amide bonds. The normalized spacial score (nSPS) is 17.7. The third kappa shape index (κ3) is 6.31. The zero-order valence-electron chi connectivity index (χ0n) is 19.5. The van der Waals surface area contributed by atoms with Gasteiger partial charge in [0.1, 0.15) is 0 Å². The van der Waals surface area contributed by atoms with Crippen molar-refractivity contribution in [2.75, 3.05) is 20.2 Å². The van der Waals surface area contributed by atoms with E-state index in [1.165, 1.54) is 7.11 Å². The Bertz CT molecular complexity index is 992. The Labute approximate surface area is 195 Å². The van der Waals surface area contributed by atoms with Crippen LogP contribution in [0.15, 0.2) is 42.6 Å². The average Bonchev–Trinajstić information content (AvgIpc) is 2.82. The maximum Gasteiger partial charge on any atom is 0.310 e. The van der Waals surface area contributed by atoms with Crippen molar-refractivity contribution in [3.8, 4) is 11.1 Å². The fraction of sp³-hybridized carbons (Fsp3) is 0.440. The van der Waals surface area contributed by atoms with Gasteiger partial charge in [0.25, 0.3) is 5.91 Å². The van der Waals surface area contributed by atoms with Crippen LogP contribution in [0.4, 0.5) is 0 Å². The number of methoxy groups -OCH3 is 1. The number of hydrogen-bond acceptors (Lipinski definition) is 5. The zero-order chi connectivity index (χ0) is 24.0. The van der Waals surface area contributed by atoms with Gasteiger partial charge in [0.15, 0.2) is 5.96 Å². The van der Waals surface area contributed by atoms with E-state index in [0.717, 1.165) is 36.2 Å². The molecule has 176 valence electrons. The molecule has 3 atom stereocenters. The van der Waals surface area contributed by atoms with Crippen LogP contribution in [0.25, 0.3) is 11.1 Å². The highest BCUT2D eigenvalue weighted by molar-refractivity contribution is 5.95. The summed E-state index contributed by atoms with van der Waals surface area (Å²) in [6, 6.07) is 10.9. The lowest BCUT2D eigenvalue weighted by molar-refractivity contribution is -0.147. The number of nitrogens with zero attached hydrogens (tertiary/aromatic N) is 2. The highest BCUT2D eigenvalue weighted by Gasteiger charge is 2.32. The van der Waals surface area contributed by atoms with Gasteiger partial charge in [-0.1, -0.05) is 12.1 Å².